The molecule has 34 heavy (non-hydrogen) atoms. The second-order valence-corrected chi connectivity index (χ2v) is 10.1. The third-order valence-electron chi connectivity index (χ3n) is 5.76. The number of nitrogens with two attached hydrogens (primary N) is 1. The number of carbonyl (C=O) groups is 1. The number of benzene rings is 1. The number of nitrogens with one attached hydrogen (secondary N) is 2. The monoisotopic (exact) mass is 494 g/mol. The molecule has 1 aromatic carbocycles. The summed E-state index contributed by atoms with van der Waals surface area (Å²) in [6.45, 7) is 2.12. The van der Waals surface area contributed by atoms with Gasteiger partial charge in [0.2, 0.25) is 5.91 Å². The molecule has 1 saturated heterocycles. The lowest BCUT2D eigenvalue weighted by molar-refractivity contribution is -0.122. The van der Waals surface area contributed by atoms with Crippen LogP contribution in [0.4, 0.5) is 10.9 Å². The van der Waals surface area contributed by atoms with Gasteiger partial charge in [-0.25, -0.2) is 15.0 Å². The first kappa shape index (κ1) is 22.6. The van der Waals surface area contributed by atoms with Gasteiger partial charge in [0.15, 0.2) is 21.8 Å². The first-order chi connectivity index (χ1) is 16.7. The Morgan fingerprint density at radius 1 is 1.26 bits per heavy atom. The molecule has 0 bridgehead atoms. The van der Waals surface area contributed by atoms with Gasteiger partial charge in [-0.05, 0) is 18.4 Å². The van der Waals surface area contributed by atoms with E-state index in [4.69, 9.17) is 20.7 Å². The molecule has 0 aliphatic carbocycles. The first-order valence-corrected chi connectivity index (χ1v) is 13.1. The number of anilines is 2. The number of aromatic nitrogens is 5. The van der Waals surface area contributed by atoms with Crippen LogP contribution in [0.3, 0.4) is 0 Å². The maximum Gasteiger partial charge on any atom is 0.222 e. The average molecular weight is 495 g/mol. The van der Waals surface area contributed by atoms with Crippen molar-refractivity contribution in [1.29, 1.82) is 0 Å². The SMILES string of the molecule is NC(=O)C1CCCN(c2nc(SCc3ccccc3)nc3nc(NCCc4c[nH]cn4)sc23)C1. The summed E-state index contributed by atoms with van der Waals surface area (Å²) in [4.78, 5) is 35.7. The molecule has 3 aromatic heterocycles. The zero-order valence-electron chi connectivity index (χ0n) is 18.6. The van der Waals surface area contributed by atoms with Gasteiger partial charge in [-0.2, -0.15) is 4.98 Å². The van der Waals surface area contributed by atoms with Gasteiger partial charge in [0, 0.05) is 38.0 Å². The number of imidazole rings is 1. The molecule has 4 N–H and O–H groups in total. The average Bonchev–Trinajstić information content (AvgIpc) is 3.53. The van der Waals surface area contributed by atoms with Crippen LogP contribution in [0.25, 0.3) is 10.3 Å². The molecule has 0 spiro atoms. The zero-order valence-corrected chi connectivity index (χ0v) is 20.2. The Kier molecular flexibility index (Phi) is 6.91. The number of hydrogen-bond donors (Lipinski definition) is 3. The summed E-state index contributed by atoms with van der Waals surface area (Å²) in [5.74, 6) is 1.19. The first-order valence-electron chi connectivity index (χ1n) is 11.3. The van der Waals surface area contributed by atoms with Crippen LogP contribution in [-0.4, -0.2) is 50.5 Å². The zero-order chi connectivity index (χ0) is 23.3. The van der Waals surface area contributed by atoms with Gasteiger partial charge in [0.25, 0.3) is 0 Å². The Labute approximate surface area is 205 Å². The molecule has 5 rings (SSSR count). The van der Waals surface area contributed by atoms with E-state index in [0.29, 0.717) is 17.3 Å². The molecule has 4 aromatic rings. The molecule has 1 aliphatic heterocycles. The van der Waals surface area contributed by atoms with E-state index in [1.54, 1.807) is 29.4 Å². The Bertz CT molecular complexity index is 1240. The van der Waals surface area contributed by atoms with E-state index in [0.717, 1.165) is 59.4 Å². The molecule has 1 unspecified atom stereocenters. The summed E-state index contributed by atoms with van der Waals surface area (Å²) in [5.41, 5.74) is 8.52. The topological polar surface area (TPSA) is 126 Å². The number of thiazole rings is 1. The molecule has 9 nitrogen and oxygen atoms in total. The fourth-order valence-electron chi connectivity index (χ4n) is 3.99. The Balaban J connectivity index is 1.41. The normalized spacial score (nSPS) is 16.1. The van der Waals surface area contributed by atoms with Crippen LogP contribution >= 0.6 is 23.1 Å². The molecule has 1 aliphatic rings. The van der Waals surface area contributed by atoms with Crippen molar-refractivity contribution in [3.8, 4) is 0 Å². The number of thioether (sulfide) groups is 1. The molecular weight excluding hydrogens is 468 g/mol. The fraction of sp³-hybridized carbons (Fsp3) is 0.348. The maximum atomic E-state index is 11.9. The molecule has 1 atom stereocenters. The van der Waals surface area contributed by atoms with E-state index in [1.807, 2.05) is 24.4 Å². The van der Waals surface area contributed by atoms with E-state index in [-0.39, 0.29) is 11.8 Å². The van der Waals surface area contributed by atoms with Crippen LogP contribution in [-0.2, 0) is 17.0 Å². The minimum Gasteiger partial charge on any atom is -0.369 e. The Morgan fingerprint density at radius 2 is 2.15 bits per heavy atom. The molecule has 176 valence electrons. The maximum absolute atomic E-state index is 11.9. The highest BCUT2D eigenvalue weighted by Gasteiger charge is 2.27. The smallest absolute Gasteiger partial charge is 0.222 e. The predicted octanol–water partition coefficient (Wildman–Crippen LogP) is 3.46. The van der Waals surface area contributed by atoms with E-state index < -0.39 is 0 Å². The van der Waals surface area contributed by atoms with Gasteiger partial charge in [-0.15, -0.1) is 0 Å². The van der Waals surface area contributed by atoms with Crippen molar-refractivity contribution in [3.05, 3.63) is 54.1 Å². The van der Waals surface area contributed by atoms with Crippen molar-refractivity contribution >= 4 is 50.3 Å². The second kappa shape index (κ2) is 10.4. The van der Waals surface area contributed by atoms with Gasteiger partial charge in [-0.3, -0.25) is 4.79 Å². The number of aromatic amines is 1. The number of piperidine rings is 1. The number of fused-ring (bicyclic) bond motifs is 1. The van der Waals surface area contributed by atoms with Gasteiger partial charge in [-0.1, -0.05) is 53.4 Å². The summed E-state index contributed by atoms with van der Waals surface area (Å²) in [5, 5.41) is 4.88. The molecule has 0 radical (unpaired) electrons. The molecule has 4 heterocycles. The predicted molar refractivity (Wildman–Crippen MR) is 136 cm³/mol. The van der Waals surface area contributed by atoms with E-state index in [2.05, 4.69) is 32.3 Å². The number of primary amides is 1. The minimum atomic E-state index is -0.251. The highest BCUT2D eigenvalue weighted by Crippen LogP contribution is 2.36. The van der Waals surface area contributed by atoms with Crippen molar-refractivity contribution in [2.45, 2.75) is 30.2 Å². The summed E-state index contributed by atoms with van der Waals surface area (Å²) < 4.78 is 0.927. The van der Waals surface area contributed by atoms with E-state index in [9.17, 15) is 4.79 Å². The molecule has 11 heteroatoms. The number of rotatable bonds is 9. The Morgan fingerprint density at radius 3 is 2.94 bits per heavy atom. The van der Waals surface area contributed by atoms with Crippen molar-refractivity contribution in [3.63, 3.8) is 0 Å². The van der Waals surface area contributed by atoms with Gasteiger partial charge < -0.3 is 20.9 Å². The minimum absolute atomic E-state index is 0.168. The van der Waals surface area contributed by atoms with Crippen LogP contribution in [0.5, 0.6) is 0 Å². The highest BCUT2D eigenvalue weighted by atomic mass is 32.2. The number of H-pyrrole nitrogens is 1. The number of amides is 1. The number of hydrogen-bond acceptors (Lipinski definition) is 9. The van der Waals surface area contributed by atoms with Gasteiger partial charge >= 0.3 is 0 Å². The van der Waals surface area contributed by atoms with Crippen LogP contribution < -0.4 is 16.0 Å². The van der Waals surface area contributed by atoms with Crippen molar-refractivity contribution < 1.29 is 4.79 Å². The third-order valence-corrected chi connectivity index (χ3v) is 7.68. The fourth-order valence-corrected chi connectivity index (χ4v) is 5.73. The number of nitrogens with zero attached hydrogens (tertiary/aromatic N) is 5. The van der Waals surface area contributed by atoms with Crippen LogP contribution in [0.15, 0.2) is 48.0 Å². The van der Waals surface area contributed by atoms with Gasteiger partial charge in [0.1, 0.15) is 4.70 Å². The lowest BCUT2D eigenvalue weighted by Gasteiger charge is -2.32. The molecule has 1 fully saturated rings. The number of carbonyl (C=O) groups excluding carboxylic acids is 1. The standard InChI is InChI=1S/C23H26N8OS2/c24-19(32)16-7-4-10-31(12-16)21-18-20(28-22(34-18)26-9-8-17-11-25-14-27-17)29-23(30-21)33-13-15-5-2-1-3-6-15/h1-3,5-6,11,14,16H,4,7-10,12-13H2,(H2,24,32)(H,25,27)(H,26,28,29,30). The molecular formula is C23H26N8OS2. The van der Waals surface area contributed by atoms with Crippen LogP contribution in [0, 0.1) is 5.92 Å². The summed E-state index contributed by atoms with van der Waals surface area (Å²) in [6, 6.07) is 10.3. The van der Waals surface area contributed by atoms with Crippen molar-refractivity contribution in [2.75, 3.05) is 29.9 Å². The third kappa shape index (κ3) is 5.31. The van der Waals surface area contributed by atoms with Crippen LogP contribution in [0.1, 0.15) is 24.1 Å². The van der Waals surface area contributed by atoms with E-state index >= 15 is 0 Å². The Hall–Kier alpha value is -3.18. The quantitative estimate of drug-likeness (QED) is 0.239. The van der Waals surface area contributed by atoms with Crippen LogP contribution in [0.2, 0.25) is 0 Å². The van der Waals surface area contributed by atoms with Crippen molar-refractivity contribution in [1.82, 2.24) is 24.9 Å². The van der Waals surface area contributed by atoms with Crippen molar-refractivity contribution in [2.24, 2.45) is 11.7 Å². The second-order valence-electron chi connectivity index (χ2n) is 8.20. The lowest BCUT2D eigenvalue weighted by atomic mass is 9.97. The molecule has 0 saturated carbocycles. The van der Waals surface area contributed by atoms with E-state index in [1.165, 1.54) is 5.56 Å². The lowest BCUT2D eigenvalue weighted by Crippen LogP contribution is -2.41. The summed E-state index contributed by atoms with van der Waals surface area (Å²) >= 11 is 3.14. The van der Waals surface area contributed by atoms with Gasteiger partial charge in [0.05, 0.1) is 17.9 Å². The highest BCUT2D eigenvalue weighted by molar-refractivity contribution is 7.98. The molecule has 1 amide bonds. The summed E-state index contributed by atoms with van der Waals surface area (Å²) in [6.07, 6.45) is 6.09. The largest absolute Gasteiger partial charge is 0.369 e. The summed E-state index contributed by atoms with van der Waals surface area (Å²) in [7, 11) is 0.